The number of hydrogen-bond acceptors (Lipinski definition) is 3. The van der Waals surface area contributed by atoms with Crippen LogP contribution >= 0.6 is 15.9 Å². The summed E-state index contributed by atoms with van der Waals surface area (Å²) in [6.45, 7) is 2.35. The average Bonchev–Trinajstić information content (AvgIpc) is 3.22. The lowest BCUT2D eigenvalue weighted by atomic mass is 9.96. The highest BCUT2D eigenvalue weighted by Gasteiger charge is 2.29. The van der Waals surface area contributed by atoms with Crippen LogP contribution in [0.25, 0.3) is 0 Å². The van der Waals surface area contributed by atoms with Gasteiger partial charge in [-0.15, -0.1) is 0 Å². The fourth-order valence-corrected chi connectivity index (χ4v) is 3.75. The second-order valence-corrected chi connectivity index (χ2v) is 7.01. The lowest BCUT2D eigenvalue weighted by molar-refractivity contribution is 0.0790. The monoisotopic (exact) mass is 372 g/mol. The first-order valence-electron chi connectivity index (χ1n) is 7.86. The van der Waals surface area contributed by atoms with Crippen LogP contribution < -0.4 is 4.74 Å². The molecule has 1 aromatic heterocycles. The highest BCUT2D eigenvalue weighted by molar-refractivity contribution is 9.10. The van der Waals surface area contributed by atoms with E-state index >= 15 is 0 Å². The van der Waals surface area contributed by atoms with Gasteiger partial charge in [0.1, 0.15) is 5.75 Å². The number of aromatic nitrogens is 1. The quantitative estimate of drug-likeness (QED) is 0.810. The fraction of sp³-hybridized carbons (Fsp3) is 0.333. The predicted molar refractivity (Wildman–Crippen MR) is 90.8 cm³/mol. The molecule has 1 saturated heterocycles. The predicted octanol–water partition coefficient (Wildman–Crippen LogP) is 3.41. The van der Waals surface area contributed by atoms with Crippen LogP contribution in [0.2, 0.25) is 0 Å². The minimum Gasteiger partial charge on any atom is -0.493 e. The fourth-order valence-electron chi connectivity index (χ4n) is 3.39. The molecular formula is C18H17BrN2O2. The zero-order chi connectivity index (χ0) is 15.8. The van der Waals surface area contributed by atoms with E-state index in [0.29, 0.717) is 11.5 Å². The van der Waals surface area contributed by atoms with Gasteiger partial charge in [0.15, 0.2) is 0 Å². The van der Waals surface area contributed by atoms with Gasteiger partial charge in [-0.3, -0.25) is 9.78 Å². The molecule has 1 amide bonds. The lowest BCUT2D eigenvalue weighted by Gasteiger charge is -2.17. The molecule has 0 unspecified atom stereocenters. The maximum absolute atomic E-state index is 12.6. The van der Waals surface area contributed by atoms with Crippen molar-refractivity contribution in [2.24, 2.45) is 0 Å². The number of fused-ring (bicyclic) bond motifs is 1. The number of ether oxygens (including phenoxy) is 1. The summed E-state index contributed by atoms with van der Waals surface area (Å²) in [6.07, 6.45) is 5.32. The van der Waals surface area contributed by atoms with Crippen molar-refractivity contribution < 1.29 is 9.53 Å². The molecule has 1 aromatic carbocycles. The summed E-state index contributed by atoms with van der Waals surface area (Å²) in [6, 6.07) is 8.29. The Kier molecular flexibility index (Phi) is 3.81. The number of amides is 1. The van der Waals surface area contributed by atoms with E-state index in [-0.39, 0.29) is 5.91 Å². The van der Waals surface area contributed by atoms with Gasteiger partial charge in [-0.25, -0.2) is 0 Å². The zero-order valence-electron chi connectivity index (χ0n) is 12.7. The third-order valence-electron chi connectivity index (χ3n) is 4.61. The van der Waals surface area contributed by atoms with E-state index in [1.54, 1.807) is 12.4 Å². The number of hydrogen-bond donors (Lipinski definition) is 0. The molecule has 0 aliphatic carbocycles. The number of benzene rings is 1. The Bertz CT molecular complexity index is 762. The summed E-state index contributed by atoms with van der Waals surface area (Å²) in [5.74, 6) is 1.48. The number of likely N-dealkylation sites (tertiary alicyclic amines) is 1. The molecule has 118 valence electrons. The smallest absolute Gasteiger partial charge is 0.255 e. The molecule has 0 N–H and O–H groups in total. The second kappa shape index (κ2) is 5.96. The van der Waals surface area contributed by atoms with E-state index in [4.69, 9.17) is 4.74 Å². The molecule has 0 spiro atoms. The molecular weight excluding hydrogens is 356 g/mol. The van der Waals surface area contributed by atoms with Crippen LogP contribution in [-0.4, -0.2) is 35.5 Å². The average molecular weight is 373 g/mol. The number of rotatable bonds is 2. The SMILES string of the molecule is O=C(c1cncc(Br)c1)N1CC[C@H](c2ccc3c(c2)CCO3)C1. The number of carbonyl (C=O) groups is 1. The number of pyridine rings is 1. The Balaban J connectivity index is 1.50. The minimum absolute atomic E-state index is 0.0609. The third kappa shape index (κ3) is 2.85. The summed E-state index contributed by atoms with van der Waals surface area (Å²) >= 11 is 3.37. The van der Waals surface area contributed by atoms with Gasteiger partial charge in [-0.05, 0) is 45.6 Å². The van der Waals surface area contributed by atoms with Crippen molar-refractivity contribution in [2.75, 3.05) is 19.7 Å². The van der Waals surface area contributed by atoms with E-state index in [1.165, 1.54) is 11.1 Å². The molecule has 1 atom stereocenters. The van der Waals surface area contributed by atoms with Crippen LogP contribution in [0.1, 0.15) is 33.8 Å². The summed E-state index contributed by atoms with van der Waals surface area (Å²) < 4.78 is 6.40. The molecule has 2 aromatic rings. The Labute approximate surface area is 143 Å². The van der Waals surface area contributed by atoms with Gasteiger partial charge < -0.3 is 9.64 Å². The van der Waals surface area contributed by atoms with Crippen LogP contribution in [0.4, 0.5) is 0 Å². The molecule has 23 heavy (non-hydrogen) atoms. The standard InChI is InChI=1S/C18H17BrN2O2/c19-16-8-15(9-20-10-16)18(22)21-5-3-14(11-21)12-1-2-17-13(7-12)4-6-23-17/h1-2,7-10,14H,3-6,11H2/t14-/m0/s1. The van der Waals surface area contributed by atoms with Crippen molar-refractivity contribution in [2.45, 2.75) is 18.8 Å². The Morgan fingerprint density at radius 1 is 1.30 bits per heavy atom. The molecule has 0 bridgehead atoms. The Morgan fingerprint density at radius 3 is 3.09 bits per heavy atom. The van der Waals surface area contributed by atoms with E-state index in [9.17, 15) is 4.79 Å². The summed E-state index contributed by atoms with van der Waals surface area (Å²) in [5, 5.41) is 0. The lowest BCUT2D eigenvalue weighted by Crippen LogP contribution is -2.28. The summed E-state index contributed by atoms with van der Waals surface area (Å²) in [7, 11) is 0. The van der Waals surface area contributed by atoms with Gasteiger partial charge in [-0.1, -0.05) is 12.1 Å². The van der Waals surface area contributed by atoms with Crippen LogP contribution in [0, 0.1) is 0 Å². The van der Waals surface area contributed by atoms with E-state index in [0.717, 1.165) is 42.8 Å². The Morgan fingerprint density at radius 2 is 2.22 bits per heavy atom. The van der Waals surface area contributed by atoms with Crippen LogP contribution in [-0.2, 0) is 6.42 Å². The highest BCUT2D eigenvalue weighted by Crippen LogP contribution is 2.33. The first kappa shape index (κ1) is 14.7. The van der Waals surface area contributed by atoms with Gasteiger partial charge >= 0.3 is 0 Å². The van der Waals surface area contributed by atoms with Gasteiger partial charge in [-0.2, -0.15) is 0 Å². The van der Waals surface area contributed by atoms with Crippen molar-refractivity contribution in [1.29, 1.82) is 0 Å². The van der Waals surface area contributed by atoms with Gasteiger partial charge in [0.25, 0.3) is 5.91 Å². The van der Waals surface area contributed by atoms with E-state index in [1.807, 2.05) is 11.0 Å². The maximum Gasteiger partial charge on any atom is 0.255 e. The van der Waals surface area contributed by atoms with Crippen LogP contribution in [0.15, 0.2) is 41.1 Å². The first-order chi connectivity index (χ1) is 11.2. The third-order valence-corrected chi connectivity index (χ3v) is 5.05. The molecule has 1 fully saturated rings. The van der Waals surface area contributed by atoms with Gasteiger partial charge in [0.2, 0.25) is 0 Å². The van der Waals surface area contributed by atoms with Crippen molar-refractivity contribution >= 4 is 21.8 Å². The molecule has 0 radical (unpaired) electrons. The maximum atomic E-state index is 12.6. The van der Waals surface area contributed by atoms with Crippen molar-refractivity contribution in [3.8, 4) is 5.75 Å². The second-order valence-electron chi connectivity index (χ2n) is 6.09. The molecule has 0 saturated carbocycles. The molecule has 4 rings (SSSR count). The largest absolute Gasteiger partial charge is 0.493 e. The molecule has 3 heterocycles. The zero-order valence-corrected chi connectivity index (χ0v) is 14.3. The first-order valence-corrected chi connectivity index (χ1v) is 8.65. The van der Waals surface area contributed by atoms with Gasteiger partial charge in [0, 0.05) is 42.3 Å². The number of nitrogens with zero attached hydrogens (tertiary/aromatic N) is 2. The molecule has 2 aliphatic rings. The van der Waals surface area contributed by atoms with Crippen LogP contribution in [0.3, 0.4) is 0 Å². The minimum atomic E-state index is 0.0609. The van der Waals surface area contributed by atoms with Crippen LogP contribution in [0.5, 0.6) is 5.75 Å². The molecule has 5 heteroatoms. The van der Waals surface area contributed by atoms with Crippen molar-refractivity contribution in [1.82, 2.24) is 9.88 Å². The normalized spacial score (nSPS) is 19.5. The molecule has 2 aliphatic heterocycles. The van der Waals surface area contributed by atoms with Crippen molar-refractivity contribution in [3.63, 3.8) is 0 Å². The van der Waals surface area contributed by atoms with E-state index < -0.39 is 0 Å². The number of halogens is 1. The summed E-state index contributed by atoms with van der Waals surface area (Å²) in [4.78, 5) is 18.6. The summed E-state index contributed by atoms with van der Waals surface area (Å²) in [5.41, 5.74) is 3.25. The highest BCUT2D eigenvalue weighted by atomic mass is 79.9. The van der Waals surface area contributed by atoms with Gasteiger partial charge in [0.05, 0.1) is 12.2 Å². The number of carbonyl (C=O) groups excluding carboxylic acids is 1. The molecule has 4 nitrogen and oxygen atoms in total. The Hall–Kier alpha value is -1.88. The topological polar surface area (TPSA) is 42.4 Å². The van der Waals surface area contributed by atoms with Crippen molar-refractivity contribution in [3.05, 3.63) is 57.8 Å². The van der Waals surface area contributed by atoms with E-state index in [2.05, 4.69) is 39.1 Å².